The van der Waals surface area contributed by atoms with Crippen LogP contribution < -0.4 is 4.74 Å². The Morgan fingerprint density at radius 1 is 1.21 bits per heavy atom. The van der Waals surface area contributed by atoms with Crippen LogP contribution in [-0.4, -0.2) is 12.2 Å². The fourth-order valence-corrected chi connectivity index (χ4v) is 1.41. The van der Waals surface area contributed by atoms with E-state index in [0.29, 0.717) is 5.92 Å². The van der Waals surface area contributed by atoms with Crippen LogP contribution in [0.3, 0.4) is 0 Å². The molecule has 0 amide bonds. The highest BCUT2D eigenvalue weighted by Gasteiger charge is 2.09. The lowest BCUT2D eigenvalue weighted by molar-refractivity contribution is 0.151. The van der Waals surface area contributed by atoms with Crippen molar-refractivity contribution in [3.05, 3.63) is 29.8 Å². The fourth-order valence-electron chi connectivity index (χ4n) is 1.41. The second kappa shape index (κ2) is 5.01. The van der Waals surface area contributed by atoms with Gasteiger partial charge in [-0.15, -0.1) is 0 Å². The molecule has 0 saturated heterocycles. The fraction of sp³-hybridized carbons (Fsp3) is 0.500. The van der Waals surface area contributed by atoms with Crippen LogP contribution in [0.15, 0.2) is 24.3 Å². The summed E-state index contributed by atoms with van der Waals surface area (Å²) < 4.78 is 5.05. The van der Waals surface area contributed by atoms with Crippen LogP contribution in [0.5, 0.6) is 5.75 Å². The molecule has 2 heteroatoms. The van der Waals surface area contributed by atoms with E-state index in [9.17, 15) is 5.11 Å². The largest absolute Gasteiger partial charge is 0.497 e. The topological polar surface area (TPSA) is 29.5 Å². The first-order valence-electron chi connectivity index (χ1n) is 4.95. The molecule has 0 bridgehead atoms. The lowest BCUT2D eigenvalue weighted by Gasteiger charge is -2.13. The Morgan fingerprint density at radius 3 is 2.21 bits per heavy atom. The molecule has 1 N–H and O–H groups in total. The molecule has 0 radical (unpaired) electrons. The molecule has 0 fully saturated rings. The minimum absolute atomic E-state index is 0.360. The van der Waals surface area contributed by atoms with Gasteiger partial charge in [-0.1, -0.05) is 26.0 Å². The number of aliphatic hydroxyl groups is 1. The maximum Gasteiger partial charge on any atom is 0.118 e. The smallest absolute Gasteiger partial charge is 0.118 e. The average Bonchev–Trinajstić information content (AvgIpc) is 2.17. The number of ether oxygens (including phenoxy) is 1. The van der Waals surface area contributed by atoms with Crippen molar-refractivity contribution in [3.8, 4) is 5.75 Å². The van der Waals surface area contributed by atoms with E-state index in [0.717, 1.165) is 17.7 Å². The molecule has 0 aliphatic carbocycles. The molecular formula is C12H18O2. The first kappa shape index (κ1) is 11.1. The van der Waals surface area contributed by atoms with E-state index in [-0.39, 0.29) is 6.10 Å². The summed E-state index contributed by atoms with van der Waals surface area (Å²) in [4.78, 5) is 0. The second-order valence-electron chi connectivity index (χ2n) is 3.92. The van der Waals surface area contributed by atoms with Crippen LogP contribution in [0.25, 0.3) is 0 Å². The van der Waals surface area contributed by atoms with Crippen molar-refractivity contribution < 1.29 is 9.84 Å². The predicted molar refractivity (Wildman–Crippen MR) is 57.4 cm³/mol. The monoisotopic (exact) mass is 194 g/mol. The summed E-state index contributed by atoms with van der Waals surface area (Å²) in [6.07, 6.45) is 0.438. The van der Waals surface area contributed by atoms with E-state index >= 15 is 0 Å². The Kier molecular flexibility index (Phi) is 3.96. The third kappa shape index (κ3) is 3.04. The van der Waals surface area contributed by atoms with Gasteiger partial charge < -0.3 is 9.84 Å². The van der Waals surface area contributed by atoms with E-state index in [1.807, 2.05) is 24.3 Å². The Bertz CT molecular complexity index is 264. The van der Waals surface area contributed by atoms with Gasteiger partial charge in [0.25, 0.3) is 0 Å². The van der Waals surface area contributed by atoms with Gasteiger partial charge in [0.2, 0.25) is 0 Å². The summed E-state index contributed by atoms with van der Waals surface area (Å²) in [6.45, 7) is 4.21. The molecule has 2 nitrogen and oxygen atoms in total. The van der Waals surface area contributed by atoms with Crippen molar-refractivity contribution >= 4 is 0 Å². The van der Waals surface area contributed by atoms with Gasteiger partial charge in [-0.05, 0) is 30.0 Å². The molecular weight excluding hydrogens is 176 g/mol. The van der Waals surface area contributed by atoms with Crippen molar-refractivity contribution in [1.82, 2.24) is 0 Å². The van der Waals surface area contributed by atoms with Crippen LogP contribution >= 0.6 is 0 Å². The minimum Gasteiger partial charge on any atom is -0.497 e. The standard InChI is InChI=1S/C12H18O2/c1-9(2)8-12(13)10-4-6-11(14-3)7-5-10/h4-7,9,12-13H,8H2,1-3H3/t12-/m0/s1. The van der Waals surface area contributed by atoms with Crippen LogP contribution in [0.2, 0.25) is 0 Å². The van der Waals surface area contributed by atoms with Crippen LogP contribution in [0.4, 0.5) is 0 Å². The van der Waals surface area contributed by atoms with Gasteiger partial charge >= 0.3 is 0 Å². The molecule has 14 heavy (non-hydrogen) atoms. The normalized spacial score (nSPS) is 12.9. The predicted octanol–water partition coefficient (Wildman–Crippen LogP) is 2.77. The Labute approximate surface area is 85.5 Å². The van der Waals surface area contributed by atoms with Gasteiger partial charge in [0.05, 0.1) is 13.2 Å². The van der Waals surface area contributed by atoms with Crippen molar-refractivity contribution in [3.63, 3.8) is 0 Å². The summed E-state index contributed by atoms with van der Waals surface area (Å²) in [5.41, 5.74) is 0.958. The third-order valence-corrected chi connectivity index (χ3v) is 2.20. The molecule has 0 saturated carbocycles. The molecule has 1 rings (SSSR count). The van der Waals surface area contributed by atoms with Crippen molar-refractivity contribution in [2.75, 3.05) is 7.11 Å². The molecule has 1 aromatic carbocycles. The first-order valence-corrected chi connectivity index (χ1v) is 4.95. The van der Waals surface area contributed by atoms with Gasteiger partial charge in [0, 0.05) is 0 Å². The highest BCUT2D eigenvalue weighted by molar-refractivity contribution is 5.28. The van der Waals surface area contributed by atoms with Crippen molar-refractivity contribution in [2.24, 2.45) is 5.92 Å². The molecule has 0 aliphatic rings. The Hall–Kier alpha value is -1.02. The molecule has 1 aromatic rings. The van der Waals surface area contributed by atoms with E-state index in [4.69, 9.17) is 4.74 Å². The quantitative estimate of drug-likeness (QED) is 0.798. The Morgan fingerprint density at radius 2 is 1.79 bits per heavy atom. The number of benzene rings is 1. The molecule has 0 aliphatic heterocycles. The number of hydrogen-bond acceptors (Lipinski definition) is 2. The molecule has 0 spiro atoms. The zero-order chi connectivity index (χ0) is 10.6. The average molecular weight is 194 g/mol. The zero-order valence-corrected chi connectivity index (χ0v) is 9.03. The summed E-state index contributed by atoms with van der Waals surface area (Å²) >= 11 is 0. The number of rotatable bonds is 4. The van der Waals surface area contributed by atoms with Gasteiger partial charge in [-0.25, -0.2) is 0 Å². The Balaban J connectivity index is 2.66. The van der Waals surface area contributed by atoms with Crippen LogP contribution in [0.1, 0.15) is 31.9 Å². The second-order valence-corrected chi connectivity index (χ2v) is 3.92. The number of hydrogen-bond donors (Lipinski definition) is 1. The molecule has 1 atom stereocenters. The van der Waals surface area contributed by atoms with Crippen molar-refractivity contribution in [1.29, 1.82) is 0 Å². The number of methoxy groups -OCH3 is 1. The molecule has 0 aromatic heterocycles. The van der Waals surface area contributed by atoms with Gasteiger partial charge in [-0.2, -0.15) is 0 Å². The summed E-state index contributed by atoms with van der Waals surface area (Å²) in [5.74, 6) is 1.33. The first-order chi connectivity index (χ1) is 6.63. The maximum atomic E-state index is 9.81. The van der Waals surface area contributed by atoms with E-state index in [1.165, 1.54) is 0 Å². The van der Waals surface area contributed by atoms with Gasteiger partial charge in [0.15, 0.2) is 0 Å². The van der Waals surface area contributed by atoms with E-state index < -0.39 is 0 Å². The van der Waals surface area contributed by atoms with E-state index in [2.05, 4.69) is 13.8 Å². The molecule has 0 heterocycles. The lowest BCUT2D eigenvalue weighted by atomic mass is 10.00. The van der Waals surface area contributed by atoms with Crippen LogP contribution in [-0.2, 0) is 0 Å². The summed E-state index contributed by atoms with van der Waals surface area (Å²) in [6, 6.07) is 7.56. The van der Waals surface area contributed by atoms with E-state index in [1.54, 1.807) is 7.11 Å². The number of aliphatic hydroxyl groups excluding tert-OH is 1. The van der Waals surface area contributed by atoms with Gasteiger partial charge in [0.1, 0.15) is 5.75 Å². The van der Waals surface area contributed by atoms with Crippen molar-refractivity contribution in [2.45, 2.75) is 26.4 Å². The maximum absolute atomic E-state index is 9.81. The zero-order valence-electron chi connectivity index (χ0n) is 9.03. The summed E-state index contributed by atoms with van der Waals surface area (Å²) in [7, 11) is 1.64. The molecule has 78 valence electrons. The lowest BCUT2D eigenvalue weighted by Crippen LogP contribution is -2.01. The van der Waals surface area contributed by atoms with Gasteiger partial charge in [-0.3, -0.25) is 0 Å². The highest BCUT2D eigenvalue weighted by Crippen LogP contribution is 2.22. The highest BCUT2D eigenvalue weighted by atomic mass is 16.5. The SMILES string of the molecule is COc1ccc([C@@H](O)CC(C)C)cc1. The van der Waals surface area contributed by atoms with Crippen LogP contribution in [0, 0.1) is 5.92 Å². The summed E-state index contributed by atoms with van der Waals surface area (Å²) in [5, 5.41) is 9.81. The minimum atomic E-state index is -0.360. The molecule has 0 unspecified atom stereocenters. The third-order valence-electron chi connectivity index (χ3n) is 2.20.